The fraction of sp³-hybridized carbons (Fsp3) is 0.571. The van der Waals surface area contributed by atoms with Crippen molar-refractivity contribution in [2.75, 3.05) is 19.1 Å². The van der Waals surface area contributed by atoms with Crippen molar-refractivity contribution in [1.29, 1.82) is 0 Å². The highest BCUT2D eigenvalue weighted by atomic mass is 32.2. The van der Waals surface area contributed by atoms with Crippen LogP contribution in [0.1, 0.15) is 24.5 Å². The summed E-state index contributed by atoms with van der Waals surface area (Å²) in [6.45, 7) is 1.92. The molecule has 4 nitrogen and oxygen atoms in total. The van der Waals surface area contributed by atoms with Gasteiger partial charge in [0.15, 0.2) is 0 Å². The zero-order chi connectivity index (χ0) is 15.2. The summed E-state index contributed by atoms with van der Waals surface area (Å²) in [5.41, 5.74) is 1.44. The van der Waals surface area contributed by atoms with Crippen molar-refractivity contribution in [3.63, 3.8) is 0 Å². The number of rotatable bonds is 8. The number of aliphatic hydroxyl groups excluding tert-OH is 1. The van der Waals surface area contributed by atoms with Gasteiger partial charge in [-0.1, -0.05) is 31.2 Å². The first-order valence-corrected chi connectivity index (χ1v) is 9.58. The Hall–Kier alpha value is -0.560. The van der Waals surface area contributed by atoms with E-state index < -0.39 is 10.0 Å². The zero-order valence-electron chi connectivity index (χ0n) is 12.2. The number of aliphatic hydroxyl groups is 1. The van der Waals surface area contributed by atoms with Crippen LogP contribution in [0.25, 0.3) is 0 Å². The van der Waals surface area contributed by atoms with Crippen LogP contribution >= 0.6 is 11.8 Å². The normalized spacial score (nSPS) is 13.7. The predicted octanol–water partition coefficient (Wildman–Crippen LogP) is 2.08. The van der Waals surface area contributed by atoms with Gasteiger partial charge in [-0.05, 0) is 23.8 Å². The molecule has 1 rings (SSSR count). The van der Waals surface area contributed by atoms with Crippen molar-refractivity contribution in [3.8, 4) is 0 Å². The van der Waals surface area contributed by atoms with E-state index in [1.54, 1.807) is 43.1 Å². The fourth-order valence-electron chi connectivity index (χ4n) is 2.03. The lowest BCUT2D eigenvalue weighted by Crippen LogP contribution is -2.38. The summed E-state index contributed by atoms with van der Waals surface area (Å²) in [5.74, 6) is 0.769. The van der Waals surface area contributed by atoms with Crippen molar-refractivity contribution < 1.29 is 13.5 Å². The second-order valence-corrected chi connectivity index (χ2v) is 7.71. The molecule has 0 aliphatic rings. The van der Waals surface area contributed by atoms with Gasteiger partial charge in [-0.2, -0.15) is 11.8 Å². The van der Waals surface area contributed by atoms with Gasteiger partial charge in [0.2, 0.25) is 10.0 Å². The molecule has 0 aromatic heterocycles. The van der Waals surface area contributed by atoms with Crippen molar-refractivity contribution in [1.82, 2.24) is 4.31 Å². The van der Waals surface area contributed by atoms with E-state index in [1.807, 2.05) is 13.2 Å². The molecule has 1 unspecified atom stereocenters. The molecule has 1 aromatic carbocycles. The summed E-state index contributed by atoms with van der Waals surface area (Å²) in [4.78, 5) is 0. The number of hydrogen-bond acceptors (Lipinski definition) is 4. The highest BCUT2D eigenvalue weighted by molar-refractivity contribution is 7.98. The number of nitrogens with zero attached hydrogens (tertiary/aromatic N) is 1. The second-order valence-electron chi connectivity index (χ2n) is 4.77. The van der Waals surface area contributed by atoms with Crippen LogP contribution in [0.5, 0.6) is 0 Å². The number of benzene rings is 1. The van der Waals surface area contributed by atoms with Gasteiger partial charge >= 0.3 is 0 Å². The molecule has 0 saturated carbocycles. The lowest BCUT2D eigenvalue weighted by molar-refractivity contribution is 0.281. The van der Waals surface area contributed by atoms with Gasteiger partial charge in [0.05, 0.1) is 12.4 Å². The lowest BCUT2D eigenvalue weighted by Gasteiger charge is -2.26. The third-order valence-corrected chi connectivity index (χ3v) is 5.90. The van der Waals surface area contributed by atoms with Crippen molar-refractivity contribution >= 4 is 21.8 Å². The van der Waals surface area contributed by atoms with Gasteiger partial charge in [-0.15, -0.1) is 0 Å². The molecule has 0 heterocycles. The third-order valence-electron chi connectivity index (χ3n) is 3.31. The molecule has 20 heavy (non-hydrogen) atoms. The number of thioether (sulfide) groups is 1. The van der Waals surface area contributed by atoms with E-state index in [2.05, 4.69) is 0 Å². The summed E-state index contributed by atoms with van der Waals surface area (Å²) in [6, 6.07) is 7.09. The monoisotopic (exact) mass is 317 g/mol. The Morgan fingerprint density at radius 1 is 1.35 bits per heavy atom. The summed E-state index contributed by atoms with van der Waals surface area (Å²) in [5, 5.41) is 9.10. The Morgan fingerprint density at radius 2 is 2.00 bits per heavy atom. The second kappa shape index (κ2) is 8.02. The Bertz CT molecular complexity index is 517. The highest BCUT2D eigenvalue weighted by Crippen LogP contribution is 2.17. The third kappa shape index (κ3) is 4.77. The van der Waals surface area contributed by atoms with Crippen LogP contribution in [-0.2, 0) is 22.4 Å². The average molecular weight is 317 g/mol. The molecule has 0 spiro atoms. The first-order chi connectivity index (χ1) is 9.44. The van der Waals surface area contributed by atoms with Crippen molar-refractivity contribution in [3.05, 3.63) is 35.4 Å². The minimum absolute atomic E-state index is 0.0241. The van der Waals surface area contributed by atoms with E-state index in [4.69, 9.17) is 5.11 Å². The smallest absolute Gasteiger partial charge is 0.218 e. The van der Waals surface area contributed by atoms with Gasteiger partial charge in [-0.3, -0.25) is 0 Å². The maximum Gasteiger partial charge on any atom is 0.218 e. The van der Waals surface area contributed by atoms with Crippen LogP contribution < -0.4 is 0 Å². The molecule has 114 valence electrons. The van der Waals surface area contributed by atoms with Crippen LogP contribution in [-0.4, -0.2) is 42.9 Å². The Balaban J connectivity index is 2.87. The summed E-state index contributed by atoms with van der Waals surface area (Å²) in [7, 11) is -1.69. The standard InChI is InChI=1S/C14H23NO3S2/c1-4-14(10-19-3)15(2)20(17,18)11-13-7-5-6-12(8-13)9-16/h5-8,14,16H,4,9-11H2,1-3H3. The molecule has 0 aliphatic carbocycles. The van der Waals surface area contributed by atoms with E-state index in [-0.39, 0.29) is 18.4 Å². The van der Waals surface area contributed by atoms with Crippen LogP contribution in [0.15, 0.2) is 24.3 Å². The molecule has 0 saturated heterocycles. The molecular formula is C14H23NO3S2. The molecule has 1 N–H and O–H groups in total. The SMILES string of the molecule is CCC(CSC)N(C)S(=O)(=O)Cc1cccc(CO)c1. The summed E-state index contributed by atoms with van der Waals surface area (Å²) < 4.78 is 26.3. The molecule has 0 fully saturated rings. The van der Waals surface area contributed by atoms with Gasteiger partial charge in [0.25, 0.3) is 0 Å². The minimum atomic E-state index is -3.33. The quantitative estimate of drug-likeness (QED) is 0.797. The Kier molecular flexibility index (Phi) is 7.02. The van der Waals surface area contributed by atoms with Gasteiger partial charge in [-0.25, -0.2) is 12.7 Å². The van der Waals surface area contributed by atoms with E-state index >= 15 is 0 Å². The first kappa shape index (κ1) is 17.5. The highest BCUT2D eigenvalue weighted by Gasteiger charge is 2.25. The average Bonchev–Trinajstić information content (AvgIpc) is 2.43. The Morgan fingerprint density at radius 3 is 2.55 bits per heavy atom. The number of sulfonamides is 1. The molecule has 1 atom stereocenters. The maximum absolute atomic E-state index is 12.4. The molecule has 0 aliphatic heterocycles. The maximum atomic E-state index is 12.4. The molecule has 0 radical (unpaired) electrons. The van der Waals surface area contributed by atoms with Crippen LogP contribution in [0.3, 0.4) is 0 Å². The van der Waals surface area contributed by atoms with E-state index in [0.717, 1.165) is 17.7 Å². The molecule has 1 aromatic rings. The fourth-order valence-corrected chi connectivity index (χ4v) is 4.45. The largest absolute Gasteiger partial charge is 0.392 e. The van der Waals surface area contributed by atoms with E-state index in [9.17, 15) is 8.42 Å². The summed E-state index contributed by atoms with van der Waals surface area (Å²) in [6.07, 6.45) is 2.78. The van der Waals surface area contributed by atoms with E-state index in [1.165, 1.54) is 4.31 Å². The molecule has 6 heteroatoms. The van der Waals surface area contributed by atoms with E-state index in [0.29, 0.717) is 5.56 Å². The minimum Gasteiger partial charge on any atom is -0.392 e. The first-order valence-electron chi connectivity index (χ1n) is 6.58. The number of hydrogen-bond donors (Lipinski definition) is 1. The van der Waals surface area contributed by atoms with Gasteiger partial charge in [0.1, 0.15) is 0 Å². The van der Waals surface area contributed by atoms with Crippen LogP contribution in [0.4, 0.5) is 0 Å². The molecule has 0 amide bonds. The topological polar surface area (TPSA) is 57.6 Å². The van der Waals surface area contributed by atoms with Crippen LogP contribution in [0, 0.1) is 0 Å². The molecule has 0 bridgehead atoms. The zero-order valence-corrected chi connectivity index (χ0v) is 13.9. The van der Waals surface area contributed by atoms with Crippen LogP contribution in [0.2, 0.25) is 0 Å². The van der Waals surface area contributed by atoms with Crippen molar-refractivity contribution in [2.24, 2.45) is 0 Å². The molecular weight excluding hydrogens is 294 g/mol. The lowest BCUT2D eigenvalue weighted by atomic mass is 10.1. The van der Waals surface area contributed by atoms with Gasteiger partial charge < -0.3 is 5.11 Å². The predicted molar refractivity (Wildman–Crippen MR) is 85.2 cm³/mol. The Labute approximate surface area is 126 Å². The van der Waals surface area contributed by atoms with Gasteiger partial charge in [0, 0.05) is 18.8 Å². The van der Waals surface area contributed by atoms with Crippen molar-refractivity contribution in [2.45, 2.75) is 31.7 Å². The summed E-state index contributed by atoms with van der Waals surface area (Å²) >= 11 is 1.65.